The Kier molecular flexibility index (Phi) is 5.69. The van der Waals surface area contributed by atoms with Crippen LogP contribution < -0.4 is 11.1 Å². The Labute approximate surface area is 103 Å². The average Bonchev–Trinajstić information content (AvgIpc) is 2.74. The SMILES string of the molecule is N[C@@H](COCCNC(=O)[C@H]1OCCC1=O)C(=O)O. The Morgan fingerprint density at radius 3 is 2.89 bits per heavy atom. The van der Waals surface area contributed by atoms with Gasteiger partial charge in [-0.1, -0.05) is 0 Å². The van der Waals surface area contributed by atoms with Crippen molar-refractivity contribution in [3.05, 3.63) is 0 Å². The fourth-order valence-electron chi connectivity index (χ4n) is 1.34. The fraction of sp³-hybridized carbons (Fsp3) is 0.700. The van der Waals surface area contributed by atoms with Crippen molar-refractivity contribution >= 4 is 17.7 Å². The number of carbonyl (C=O) groups is 3. The summed E-state index contributed by atoms with van der Waals surface area (Å²) in [7, 11) is 0. The lowest BCUT2D eigenvalue weighted by molar-refractivity contribution is -0.141. The highest BCUT2D eigenvalue weighted by atomic mass is 16.5. The molecule has 1 saturated heterocycles. The number of hydrogen-bond acceptors (Lipinski definition) is 6. The number of aliphatic carboxylic acids is 1. The van der Waals surface area contributed by atoms with Gasteiger partial charge in [-0.15, -0.1) is 0 Å². The van der Waals surface area contributed by atoms with E-state index in [9.17, 15) is 14.4 Å². The second-order valence-corrected chi connectivity index (χ2v) is 3.78. The molecule has 0 unspecified atom stereocenters. The van der Waals surface area contributed by atoms with Gasteiger partial charge >= 0.3 is 5.97 Å². The van der Waals surface area contributed by atoms with E-state index in [4.69, 9.17) is 20.3 Å². The number of nitrogens with one attached hydrogen (secondary N) is 1. The molecular formula is C10H16N2O6. The molecule has 8 heteroatoms. The van der Waals surface area contributed by atoms with Crippen LogP contribution in [0.5, 0.6) is 0 Å². The van der Waals surface area contributed by atoms with Gasteiger partial charge in [-0.3, -0.25) is 14.4 Å². The van der Waals surface area contributed by atoms with E-state index < -0.39 is 24.0 Å². The third-order valence-electron chi connectivity index (χ3n) is 2.32. The highest BCUT2D eigenvalue weighted by Gasteiger charge is 2.31. The Hall–Kier alpha value is -1.51. The van der Waals surface area contributed by atoms with Crippen LogP contribution in [0.15, 0.2) is 0 Å². The van der Waals surface area contributed by atoms with Crippen molar-refractivity contribution in [1.29, 1.82) is 0 Å². The van der Waals surface area contributed by atoms with E-state index in [0.29, 0.717) is 0 Å². The van der Waals surface area contributed by atoms with Crippen molar-refractivity contribution in [3.63, 3.8) is 0 Å². The molecule has 1 heterocycles. The molecule has 0 radical (unpaired) electrons. The second kappa shape index (κ2) is 7.04. The molecule has 0 spiro atoms. The second-order valence-electron chi connectivity index (χ2n) is 3.78. The average molecular weight is 260 g/mol. The standard InChI is InChI=1S/C10H16N2O6/c11-6(10(15)16)5-17-4-2-12-9(14)8-7(13)1-3-18-8/h6,8H,1-5,11H2,(H,12,14)(H,15,16)/t6-,8-/m0/s1. The van der Waals surface area contributed by atoms with Crippen LogP contribution in [0.2, 0.25) is 0 Å². The molecule has 0 aromatic carbocycles. The number of Topliss-reactive ketones (excluding diaryl/α,β-unsaturated/α-hetero) is 1. The van der Waals surface area contributed by atoms with E-state index in [2.05, 4.69) is 5.32 Å². The molecule has 1 rings (SSSR count). The molecule has 0 aromatic rings. The van der Waals surface area contributed by atoms with Gasteiger partial charge in [0.15, 0.2) is 11.9 Å². The van der Waals surface area contributed by atoms with Gasteiger partial charge < -0.3 is 25.6 Å². The van der Waals surface area contributed by atoms with Crippen molar-refractivity contribution in [1.82, 2.24) is 5.32 Å². The Morgan fingerprint density at radius 1 is 1.61 bits per heavy atom. The molecule has 1 aliphatic rings. The molecule has 0 aromatic heterocycles. The minimum absolute atomic E-state index is 0.119. The van der Waals surface area contributed by atoms with Gasteiger partial charge in [-0.05, 0) is 0 Å². The van der Waals surface area contributed by atoms with Gasteiger partial charge in [0.25, 0.3) is 5.91 Å². The van der Waals surface area contributed by atoms with Crippen LogP contribution in [-0.4, -0.2) is 61.3 Å². The zero-order valence-electron chi connectivity index (χ0n) is 9.76. The molecule has 102 valence electrons. The molecule has 0 aliphatic carbocycles. The largest absolute Gasteiger partial charge is 0.480 e. The van der Waals surface area contributed by atoms with Crippen LogP contribution in [-0.2, 0) is 23.9 Å². The fourth-order valence-corrected chi connectivity index (χ4v) is 1.34. The number of hydrogen-bond donors (Lipinski definition) is 3. The summed E-state index contributed by atoms with van der Waals surface area (Å²) in [6.45, 7) is 0.414. The number of amides is 1. The smallest absolute Gasteiger partial charge is 0.322 e. The van der Waals surface area contributed by atoms with Gasteiger partial charge in [0.1, 0.15) is 6.04 Å². The number of carbonyl (C=O) groups excluding carboxylic acids is 2. The van der Waals surface area contributed by atoms with Gasteiger partial charge in [-0.25, -0.2) is 0 Å². The summed E-state index contributed by atoms with van der Waals surface area (Å²) in [5.41, 5.74) is 5.20. The number of nitrogens with two attached hydrogens (primary N) is 1. The number of carboxylic acids is 1. The summed E-state index contributed by atoms with van der Waals surface area (Å²) in [5.74, 6) is -1.88. The van der Waals surface area contributed by atoms with Crippen molar-refractivity contribution < 1.29 is 29.0 Å². The van der Waals surface area contributed by atoms with Crippen LogP contribution in [0.25, 0.3) is 0 Å². The highest BCUT2D eigenvalue weighted by molar-refractivity contribution is 6.05. The van der Waals surface area contributed by atoms with Gasteiger partial charge in [-0.2, -0.15) is 0 Å². The molecule has 0 bridgehead atoms. The van der Waals surface area contributed by atoms with Crippen molar-refractivity contribution in [2.75, 3.05) is 26.4 Å². The molecule has 1 aliphatic heterocycles. The predicted molar refractivity (Wildman–Crippen MR) is 58.8 cm³/mol. The van der Waals surface area contributed by atoms with Crippen molar-refractivity contribution in [3.8, 4) is 0 Å². The summed E-state index contributed by atoms with van der Waals surface area (Å²) in [6, 6.07) is -1.08. The van der Waals surface area contributed by atoms with Crippen LogP contribution in [0.3, 0.4) is 0 Å². The van der Waals surface area contributed by atoms with Gasteiger partial charge in [0.2, 0.25) is 0 Å². The lowest BCUT2D eigenvalue weighted by atomic mass is 10.2. The number of ether oxygens (including phenoxy) is 2. The molecule has 0 saturated carbocycles. The van der Waals surface area contributed by atoms with Crippen molar-refractivity contribution in [2.24, 2.45) is 5.73 Å². The predicted octanol–water partition coefficient (Wildman–Crippen LogP) is -2.11. The number of carboxylic acid groups (broad SMARTS) is 1. The molecule has 18 heavy (non-hydrogen) atoms. The van der Waals surface area contributed by atoms with Crippen LogP contribution in [0.1, 0.15) is 6.42 Å². The molecule has 1 amide bonds. The van der Waals surface area contributed by atoms with Gasteiger partial charge in [0.05, 0.1) is 19.8 Å². The number of rotatable bonds is 7. The molecular weight excluding hydrogens is 244 g/mol. The normalized spacial score (nSPS) is 20.7. The van der Waals surface area contributed by atoms with E-state index in [1.807, 2.05) is 0 Å². The molecule has 8 nitrogen and oxygen atoms in total. The Balaban J connectivity index is 2.09. The summed E-state index contributed by atoms with van der Waals surface area (Å²) in [4.78, 5) is 33.0. The minimum atomic E-state index is -1.15. The zero-order chi connectivity index (χ0) is 13.5. The molecule has 2 atom stereocenters. The number of ketones is 1. The van der Waals surface area contributed by atoms with Crippen LogP contribution in [0, 0.1) is 0 Å². The first-order valence-electron chi connectivity index (χ1n) is 5.50. The first kappa shape index (κ1) is 14.6. The van der Waals surface area contributed by atoms with E-state index in [0.717, 1.165) is 0 Å². The quantitative estimate of drug-likeness (QED) is 0.353. The Bertz CT molecular complexity index is 332. The topological polar surface area (TPSA) is 128 Å². The monoisotopic (exact) mass is 260 g/mol. The maximum Gasteiger partial charge on any atom is 0.322 e. The molecule has 4 N–H and O–H groups in total. The van der Waals surface area contributed by atoms with Crippen molar-refractivity contribution in [2.45, 2.75) is 18.6 Å². The maximum atomic E-state index is 11.4. The van der Waals surface area contributed by atoms with E-state index >= 15 is 0 Å². The van der Waals surface area contributed by atoms with E-state index in [1.54, 1.807) is 0 Å². The lowest BCUT2D eigenvalue weighted by Gasteiger charge is -2.10. The Morgan fingerprint density at radius 2 is 2.33 bits per heavy atom. The third-order valence-corrected chi connectivity index (χ3v) is 2.32. The van der Waals surface area contributed by atoms with E-state index in [-0.39, 0.29) is 38.6 Å². The third kappa shape index (κ3) is 4.40. The van der Waals surface area contributed by atoms with Crippen LogP contribution in [0.4, 0.5) is 0 Å². The first-order valence-corrected chi connectivity index (χ1v) is 5.50. The first-order chi connectivity index (χ1) is 8.52. The highest BCUT2D eigenvalue weighted by Crippen LogP contribution is 2.07. The maximum absolute atomic E-state index is 11.4. The zero-order valence-corrected chi connectivity index (χ0v) is 9.76. The summed E-state index contributed by atoms with van der Waals surface area (Å²) >= 11 is 0. The summed E-state index contributed by atoms with van der Waals surface area (Å²) in [5, 5.41) is 10.9. The van der Waals surface area contributed by atoms with Crippen LogP contribution >= 0.6 is 0 Å². The minimum Gasteiger partial charge on any atom is -0.480 e. The molecule has 1 fully saturated rings. The van der Waals surface area contributed by atoms with E-state index in [1.165, 1.54) is 0 Å². The summed E-state index contributed by atoms with van der Waals surface area (Å²) < 4.78 is 9.90. The lowest BCUT2D eigenvalue weighted by Crippen LogP contribution is -2.40. The summed E-state index contributed by atoms with van der Waals surface area (Å²) in [6.07, 6.45) is -0.770. The van der Waals surface area contributed by atoms with Gasteiger partial charge in [0, 0.05) is 13.0 Å².